The third kappa shape index (κ3) is 11.9. The van der Waals surface area contributed by atoms with Crippen molar-refractivity contribution in [2.45, 2.75) is 56.3 Å². The second-order valence-corrected chi connectivity index (χ2v) is 9.44. The van der Waals surface area contributed by atoms with Crippen molar-refractivity contribution in [2.24, 2.45) is 17.2 Å². The van der Waals surface area contributed by atoms with Gasteiger partial charge in [0.2, 0.25) is 29.5 Å². The van der Waals surface area contributed by atoms with Gasteiger partial charge in [-0.15, -0.1) is 0 Å². The summed E-state index contributed by atoms with van der Waals surface area (Å²) in [4.78, 5) is 72.6. The summed E-state index contributed by atoms with van der Waals surface area (Å²) in [6.45, 7) is 0. The Labute approximate surface area is 223 Å². The molecule has 1 aromatic carbocycles. The number of benzene rings is 1. The fourth-order valence-corrected chi connectivity index (χ4v) is 3.73. The fraction of sp³-hybridized carbons (Fsp3) is 0.478. The number of amides is 5. The van der Waals surface area contributed by atoms with E-state index in [0.717, 1.165) is 0 Å². The van der Waals surface area contributed by atoms with Gasteiger partial charge in [0.1, 0.15) is 23.9 Å². The van der Waals surface area contributed by atoms with Crippen LogP contribution in [0.15, 0.2) is 24.3 Å². The minimum Gasteiger partial charge on any atom is -0.508 e. The predicted octanol–water partition coefficient (Wildman–Crippen LogP) is -2.30. The molecule has 11 N–H and O–H groups in total. The molecule has 15 heteroatoms. The normalized spacial score (nSPS) is 13.8. The number of aliphatic carboxylic acids is 1. The smallest absolute Gasteiger partial charge is 0.326 e. The van der Waals surface area contributed by atoms with Crippen LogP contribution in [0.2, 0.25) is 0 Å². The first-order valence-electron chi connectivity index (χ1n) is 11.6. The zero-order chi connectivity index (χ0) is 28.8. The number of phenols is 1. The van der Waals surface area contributed by atoms with Gasteiger partial charge >= 0.3 is 5.97 Å². The number of aromatic hydroxyl groups is 1. The molecule has 0 bridgehead atoms. The van der Waals surface area contributed by atoms with E-state index in [1.54, 1.807) is 6.26 Å². The fourth-order valence-electron chi connectivity index (χ4n) is 3.26. The van der Waals surface area contributed by atoms with E-state index in [4.69, 9.17) is 17.2 Å². The van der Waals surface area contributed by atoms with Gasteiger partial charge in [-0.05, 0) is 42.5 Å². The lowest BCUT2D eigenvalue weighted by molar-refractivity contribution is -0.142. The lowest BCUT2D eigenvalue weighted by atomic mass is 10.0. The third-order valence-electron chi connectivity index (χ3n) is 5.30. The molecule has 5 amide bonds. The molecule has 0 saturated heterocycles. The number of thioether (sulfide) groups is 1. The molecule has 1 rings (SSSR count). The Kier molecular flexibility index (Phi) is 13.6. The SMILES string of the molecule is CSCCC(NC(=O)C(Cc1ccc(O)cc1)NC(=O)C(CCC(N)=O)NC(=O)C(N)CC(N)=O)C(=O)O. The van der Waals surface area contributed by atoms with E-state index in [1.807, 2.05) is 0 Å². The number of carbonyl (C=O) groups excluding carboxylic acids is 5. The largest absolute Gasteiger partial charge is 0.508 e. The first-order valence-corrected chi connectivity index (χ1v) is 13.0. The van der Waals surface area contributed by atoms with Crippen molar-refractivity contribution in [3.63, 3.8) is 0 Å². The third-order valence-corrected chi connectivity index (χ3v) is 5.95. The van der Waals surface area contributed by atoms with Crippen molar-refractivity contribution in [3.8, 4) is 5.75 Å². The molecular weight excluding hydrogens is 520 g/mol. The summed E-state index contributed by atoms with van der Waals surface area (Å²) >= 11 is 1.40. The number of hydrogen-bond donors (Lipinski definition) is 8. The van der Waals surface area contributed by atoms with Gasteiger partial charge in [0.05, 0.1) is 12.5 Å². The van der Waals surface area contributed by atoms with E-state index in [2.05, 4.69) is 16.0 Å². The van der Waals surface area contributed by atoms with E-state index >= 15 is 0 Å². The van der Waals surface area contributed by atoms with E-state index < -0.39 is 66.1 Å². The van der Waals surface area contributed by atoms with Crippen molar-refractivity contribution in [1.82, 2.24) is 16.0 Å². The number of carboxylic acids is 1. The van der Waals surface area contributed by atoms with Gasteiger partial charge in [0.15, 0.2) is 0 Å². The van der Waals surface area contributed by atoms with E-state index in [1.165, 1.54) is 36.0 Å². The van der Waals surface area contributed by atoms with Crippen molar-refractivity contribution >= 4 is 47.3 Å². The topological polar surface area (TPSA) is 257 Å². The molecule has 0 radical (unpaired) electrons. The second-order valence-electron chi connectivity index (χ2n) is 8.46. The maximum Gasteiger partial charge on any atom is 0.326 e. The van der Waals surface area contributed by atoms with Crippen LogP contribution in [0.1, 0.15) is 31.2 Å². The Hall–Kier alpha value is -3.85. The number of hydrogen-bond acceptors (Lipinski definition) is 9. The maximum atomic E-state index is 13.1. The summed E-state index contributed by atoms with van der Waals surface area (Å²) in [5, 5.41) is 26.2. The first-order chi connectivity index (χ1) is 17.8. The Morgan fingerprint density at radius 1 is 0.842 bits per heavy atom. The summed E-state index contributed by atoms with van der Waals surface area (Å²) < 4.78 is 0. The number of nitrogens with two attached hydrogens (primary N) is 3. The van der Waals surface area contributed by atoms with Crippen molar-refractivity contribution in [2.75, 3.05) is 12.0 Å². The van der Waals surface area contributed by atoms with Crippen LogP contribution in [0.5, 0.6) is 5.75 Å². The van der Waals surface area contributed by atoms with Crippen LogP contribution in [0.4, 0.5) is 0 Å². The molecule has 0 heterocycles. The summed E-state index contributed by atoms with van der Waals surface area (Å²) in [5.74, 6) is -4.98. The van der Waals surface area contributed by atoms with E-state index in [-0.39, 0.29) is 31.4 Å². The van der Waals surface area contributed by atoms with Crippen molar-refractivity contribution in [1.29, 1.82) is 0 Å². The van der Waals surface area contributed by atoms with Crippen molar-refractivity contribution in [3.05, 3.63) is 29.8 Å². The highest BCUT2D eigenvalue weighted by molar-refractivity contribution is 7.98. The van der Waals surface area contributed by atoms with Crippen molar-refractivity contribution < 1.29 is 39.0 Å². The van der Waals surface area contributed by atoms with E-state index in [9.17, 15) is 39.0 Å². The first kappa shape index (κ1) is 32.2. The number of carbonyl (C=O) groups is 6. The molecule has 38 heavy (non-hydrogen) atoms. The zero-order valence-electron chi connectivity index (χ0n) is 20.8. The molecule has 0 aliphatic carbocycles. The quantitative estimate of drug-likeness (QED) is 0.102. The molecule has 0 saturated carbocycles. The molecule has 4 unspecified atom stereocenters. The average Bonchev–Trinajstić information content (AvgIpc) is 2.83. The van der Waals surface area contributed by atoms with Gasteiger partial charge in [0, 0.05) is 12.8 Å². The molecule has 0 aromatic heterocycles. The van der Waals surface area contributed by atoms with Gasteiger partial charge in [-0.3, -0.25) is 24.0 Å². The van der Waals surface area contributed by atoms with Crippen LogP contribution in [0.3, 0.4) is 0 Å². The highest BCUT2D eigenvalue weighted by Gasteiger charge is 2.31. The van der Waals surface area contributed by atoms with Crippen LogP contribution in [-0.4, -0.2) is 81.9 Å². The van der Waals surface area contributed by atoms with Crippen LogP contribution < -0.4 is 33.2 Å². The molecule has 14 nitrogen and oxygen atoms in total. The van der Waals surface area contributed by atoms with Gasteiger partial charge in [-0.1, -0.05) is 12.1 Å². The number of rotatable bonds is 17. The molecule has 1 aromatic rings. The Balaban J connectivity index is 3.17. The number of primary amides is 2. The molecule has 0 spiro atoms. The zero-order valence-corrected chi connectivity index (χ0v) is 21.7. The Morgan fingerprint density at radius 2 is 1.39 bits per heavy atom. The highest BCUT2D eigenvalue weighted by atomic mass is 32.2. The lowest BCUT2D eigenvalue weighted by Crippen LogP contribution is -2.58. The van der Waals surface area contributed by atoms with Crippen LogP contribution >= 0.6 is 11.8 Å². The summed E-state index contributed by atoms with van der Waals surface area (Å²) in [6, 6.07) is 0.540. The molecule has 4 atom stereocenters. The lowest BCUT2D eigenvalue weighted by Gasteiger charge is -2.25. The molecule has 0 aliphatic rings. The summed E-state index contributed by atoms with van der Waals surface area (Å²) in [5.41, 5.74) is 16.4. The van der Waals surface area contributed by atoms with Gasteiger partial charge in [0.25, 0.3) is 0 Å². The molecule has 210 valence electrons. The number of carboxylic acid groups (broad SMARTS) is 1. The van der Waals surface area contributed by atoms with Crippen LogP contribution in [0.25, 0.3) is 0 Å². The Morgan fingerprint density at radius 3 is 1.92 bits per heavy atom. The van der Waals surface area contributed by atoms with E-state index in [0.29, 0.717) is 11.3 Å². The monoisotopic (exact) mass is 554 g/mol. The minimum absolute atomic E-state index is 0.0247. The number of phenolic OH excluding ortho intramolecular Hbond substituents is 1. The van der Waals surface area contributed by atoms with Crippen LogP contribution in [0, 0.1) is 0 Å². The highest BCUT2D eigenvalue weighted by Crippen LogP contribution is 2.12. The van der Waals surface area contributed by atoms with Gasteiger partial charge in [-0.25, -0.2) is 4.79 Å². The minimum atomic E-state index is -1.36. The van der Waals surface area contributed by atoms with Gasteiger partial charge < -0.3 is 43.4 Å². The summed E-state index contributed by atoms with van der Waals surface area (Å²) in [7, 11) is 0. The standard InChI is InChI=1S/C23H34N6O8S/c1-38-9-8-16(23(36)37)28-22(35)17(10-12-2-4-13(30)5-3-12)29-21(34)15(6-7-18(25)31)27-20(33)14(24)11-19(26)32/h2-5,14-17,30H,6-11,24H2,1H3,(H2,25,31)(H2,26,32)(H,27,33)(H,28,35)(H,29,34)(H,36,37). The Bertz CT molecular complexity index is 1010. The summed E-state index contributed by atoms with van der Waals surface area (Å²) in [6.07, 6.45) is 0.795. The predicted molar refractivity (Wildman–Crippen MR) is 138 cm³/mol. The molecule has 0 aliphatic heterocycles. The molecular formula is C23H34N6O8S. The second kappa shape index (κ2) is 16.1. The van der Waals surface area contributed by atoms with Gasteiger partial charge in [-0.2, -0.15) is 11.8 Å². The van der Waals surface area contributed by atoms with Crippen LogP contribution in [-0.2, 0) is 35.2 Å². The molecule has 0 fully saturated rings. The maximum absolute atomic E-state index is 13.1. The average molecular weight is 555 g/mol. The number of nitrogens with one attached hydrogen (secondary N) is 3.